The molecular weight excluding hydrogens is 216 g/mol. The predicted molar refractivity (Wildman–Crippen MR) is 63.9 cm³/mol. The van der Waals surface area contributed by atoms with Crippen molar-refractivity contribution >= 4 is 6.09 Å². The van der Waals surface area contributed by atoms with Gasteiger partial charge in [-0.3, -0.25) is 0 Å². The second kappa shape index (κ2) is 4.37. The first-order valence-corrected chi connectivity index (χ1v) is 6.09. The molecular formula is C13H16N2O2. The van der Waals surface area contributed by atoms with Crippen molar-refractivity contribution < 1.29 is 9.53 Å². The molecule has 4 heteroatoms. The summed E-state index contributed by atoms with van der Waals surface area (Å²) in [6, 6.07) is 9.58. The highest BCUT2D eigenvalue weighted by Crippen LogP contribution is 2.27. The van der Waals surface area contributed by atoms with E-state index in [1.165, 1.54) is 0 Å². The van der Waals surface area contributed by atoms with Gasteiger partial charge in [-0.1, -0.05) is 18.2 Å². The van der Waals surface area contributed by atoms with Crippen LogP contribution in [0.2, 0.25) is 0 Å². The summed E-state index contributed by atoms with van der Waals surface area (Å²) in [5.74, 6) is 1.23. The number of benzene rings is 1. The van der Waals surface area contributed by atoms with E-state index in [2.05, 4.69) is 5.32 Å². The number of rotatable bonds is 1. The van der Waals surface area contributed by atoms with Crippen molar-refractivity contribution in [2.75, 3.05) is 19.6 Å². The van der Waals surface area contributed by atoms with Gasteiger partial charge >= 0.3 is 6.09 Å². The summed E-state index contributed by atoms with van der Waals surface area (Å²) in [4.78, 5) is 13.9. The minimum Gasteiger partial charge on any atom is -0.410 e. The second-order valence-corrected chi connectivity index (χ2v) is 4.65. The van der Waals surface area contributed by atoms with E-state index in [4.69, 9.17) is 4.74 Å². The SMILES string of the molecule is O=C(Oc1ccccc1)N1CC[C@H]2CNC[C@H]21. The molecule has 1 aromatic rings. The molecule has 0 unspecified atom stereocenters. The molecule has 4 nitrogen and oxygen atoms in total. The normalized spacial score (nSPS) is 26.9. The zero-order valence-electron chi connectivity index (χ0n) is 9.63. The molecule has 0 aromatic heterocycles. The van der Waals surface area contributed by atoms with Crippen molar-refractivity contribution in [2.24, 2.45) is 5.92 Å². The molecule has 2 atom stereocenters. The monoisotopic (exact) mass is 232 g/mol. The maximum absolute atomic E-state index is 12.0. The van der Waals surface area contributed by atoms with Crippen LogP contribution in [0, 0.1) is 5.92 Å². The van der Waals surface area contributed by atoms with Crippen molar-refractivity contribution in [1.82, 2.24) is 10.2 Å². The van der Waals surface area contributed by atoms with E-state index in [1.807, 2.05) is 23.1 Å². The van der Waals surface area contributed by atoms with E-state index in [1.54, 1.807) is 12.1 Å². The third-order valence-corrected chi connectivity index (χ3v) is 3.63. The number of ether oxygens (including phenoxy) is 1. The summed E-state index contributed by atoms with van der Waals surface area (Å²) in [6.45, 7) is 2.75. The van der Waals surface area contributed by atoms with Gasteiger partial charge < -0.3 is 15.0 Å². The lowest BCUT2D eigenvalue weighted by atomic mass is 10.1. The van der Waals surface area contributed by atoms with E-state index in [9.17, 15) is 4.79 Å². The summed E-state index contributed by atoms with van der Waals surface area (Å²) in [6.07, 6.45) is 0.870. The van der Waals surface area contributed by atoms with E-state index in [0.29, 0.717) is 17.7 Å². The van der Waals surface area contributed by atoms with Crippen molar-refractivity contribution in [3.63, 3.8) is 0 Å². The van der Waals surface area contributed by atoms with Gasteiger partial charge in [0.05, 0.1) is 6.04 Å². The molecule has 90 valence electrons. The summed E-state index contributed by atoms with van der Waals surface area (Å²) >= 11 is 0. The molecule has 0 spiro atoms. The Labute approximate surface area is 101 Å². The molecule has 2 aliphatic heterocycles. The minimum absolute atomic E-state index is 0.215. The molecule has 2 aliphatic rings. The number of carbonyl (C=O) groups is 1. The minimum atomic E-state index is -0.215. The Hall–Kier alpha value is -1.55. The molecule has 2 heterocycles. The van der Waals surface area contributed by atoms with Gasteiger partial charge in [0, 0.05) is 19.6 Å². The van der Waals surface area contributed by atoms with Gasteiger partial charge in [0.1, 0.15) is 5.75 Å². The molecule has 2 saturated heterocycles. The summed E-state index contributed by atoms with van der Waals surface area (Å²) in [5, 5.41) is 3.32. The summed E-state index contributed by atoms with van der Waals surface area (Å²) in [5.41, 5.74) is 0. The second-order valence-electron chi connectivity index (χ2n) is 4.65. The molecule has 3 rings (SSSR count). The largest absolute Gasteiger partial charge is 0.415 e. The third-order valence-electron chi connectivity index (χ3n) is 3.63. The fraction of sp³-hybridized carbons (Fsp3) is 0.462. The van der Waals surface area contributed by atoms with Crippen LogP contribution in [0.4, 0.5) is 4.79 Å². The number of amides is 1. The van der Waals surface area contributed by atoms with Crippen LogP contribution in [0.15, 0.2) is 30.3 Å². The van der Waals surface area contributed by atoms with E-state index in [0.717, 1.165) is 26.1 Å². The first-order chi connectivity index (χ1) is 8.34. The number of nitrogens with zero attached hydrogens (tertiary/aromatic N) is 1. The molecule has 0 saturated carbocycles. The Morgan fingerprint density at radius 1 is 1.29 bits per heavy atom. The highest BCUT2D eigenvalue weighted by molar-refractivity contribution is 5.71. The Bertz CT molecular complexity index is 407. The van der Waals surface area contributed by atoms with Gasteiger partial charge in [-0.05, 0) is 24.5 Å². The van der Waals surface area contributed by atoms with Gasteiger partial charge in [0.25, 0.3) is 0 Å². The van der Waals surface area contributed by atoms with Crippen LogP contribution < -0.4 is 10.1 Å². The maximum atomic E-state index is 12.0. The molecule has 0 radical (unpaired) electrons. The number of likely N-dealkylation sites (tertiary alicyclic amines) is 1. The standard InChI is InChI=1S/C13H16N2O2/c16-13(17-11-4-2-1-3-5-11)15-7-6-10-8-14-9-12(10)15/h1-5,10,12,14H,6-9H2/t10-,12+/m0/s1. The van der Waals surface area contributed by atoms with Crippen LogP contribution in [-0.4, -0.2) is 36.7 Å². The Morgan fingerprint density at radius 3 is 2.94 bits per heavy atom. The molecule has 1 N–H and O–H groups in total. The number of hydrogen-bond acceptors (Lipinski definition) is 3. The number of nitrogens with one attached hydrogen (secondary N) is 1. The number of para-hydroxylation sites is 1. The Kier molecular flexibility index (Phi) is 2.73. The van der Waals surface area contributed by atoms with Gasteiger partial charge in [0.15, 0.2) is 0 Å². The van der Waals surface area contributed by atoms with E-state index >= 15 is 0 Å². The predicted octanol–water partition coefficient (Wildman–Crippen LogP) is 1.48. The highest BCUT2D eigenvalue weighted by atomic mass is 16.6. The number of carbonyl (C=O) groups excluding carboxylic acids is 1. The summed E-state index contributed by atoms with van der Waals surface area (Å²) < 4.78 is 5.37. The van der Waals surface area contributed by atoms with Crippen molar-refractivity contribution in [3.8, 4) is 5.75 Å². The molecule has 0 aliphatic carbocycles. The van der Waals surface area contributed by atoms with Gasteiger partial charge in [-0.25, -0.2) is 4.79 Å². The molecule has 1 aromatic carbocycles. The Morgan fingerprint density at radius 2 is 2.12 bits per heavy atom. The molecule has 2 fully saturated rings. The Balaban J connectivity index is 1.67. The lowest BCUT2D eigenvalue weighted by Gasteiger charge is -2.22. The average Bonchev–Trinajstić information content (AvgIpc) is 2.91. The number of hydrogen-bond donors (Lipinski definition) is 1. The fourth-order valence-corrected chi connectivity index (χ4v) is 2.72. The topological polar surface area (TPSA) is 41.6 Å². The lowest BCUT2D eigenvalue weighted by molar-refractivity contribution is 0.147. The zero-order valence-corrected chi connectivity index (χ0v) is 9.63. The maximum Gasteiger partial charge on any atom is 0.415 e. The molecule has 17 heavy (non-hydrogen) atoms. The van der Waals surface area contributed by atoms with Crippen molar-refractivity contribution in [1.29, 1.82) is 0 Å². The zero-order chi connectivity index (χ0) is 11.7. The van der Waals surface area contributed by atoms with Gasteiger partial charge in [0.2, 0.25) is 0 Å². The van der Waals surface area contributed by atoms with Crippen LogP contribution in [0.25, 0.3) is 0 Å². The summed E-state index contributed by atoms with van der Waals surface area (Å²) in [7, 11) is 0. The highest BCUT2D eigenvalue weighted by Gasteiger charge is 2.40. The molecule has 0 bridgehead atoms. The lowest BCUT2D eigenvalue weighted by Crippen LogP contribution is -2.40. The smallest absolute Gasteiger partial charge is 0.410 e. The quantitative estimate of drug-likeness (QED) is 0.797. The van der Waals surface area contributed by atoms with Crippen molar-refractivity contribution in [2.45, 2.75) is 12.5 Å². The molecule has 1 amide bonds. The first-order valence-electron chi connectivity index (χ1n) is 6.09. The van der Waals surface area contributed by atoms with Crippen LogP contribution in [-0.2, 0) is 0 Å². The van der Waals surface area contributed by atoms with Crippen LogP contribution in [0.3, 0.4) is 0 Å². The van der Waals surface area contributed by atoms with Gasteiger partial charge in [-0.15, -0.1) is 0 Å². The number of fused-ring (bicyclic) bond motifs is 1. The van der Waals surface area contributed by atoms with Crippen LogP contribution >= 0.6 is 0 Å². The average molecular weight is 232 g/mol. The van der Waals surface area contributed by atoms with Crippen molar-refractivity contribution in [3.05, 3.63) is 30.3 Å². The van der Waals surface area contributed by atoms with E-state index < -0.39 is 0 Å². The fourth-order valence-electron chi connectivity index (χ4n) is 2.72. The third kappa shape index (κ3) is 2.00. The van der Waals surface area contributed by atoms with Crippen LogP contribution in [0.1, 0.15) is 6.42 Å². The van der Waals surface area contributed by atoms with Gasteiger partial charge in [-0.2, -0.15) is 0 Å². The first kappa shape index (κ1) is 10.6. The van der Waals surface area contributed by atoms with Crippen LogP contribution in [0.5, 0.6) is 5.75 Å². The van der Waals surface area contributed by atoms with E-state index in [-0.39, 0.29) is 6.09 Å².